The molecule has 1 aromatic heterocycles. The fraction of sp³-hybridized carbons (Fsp3) is 0.333. The van der Waals surface area contributed by atoms with Crippen molar-refractivity contribution in [1.29, 1.82) is 5.26 Å². The molecule has 0 radical (unpaired) electrons. The van der Waals surface area contributed by atoms with Crippen LogP contribution in [0.25, 0.3) is 0 Å². The van der Waals surface area contributed by atoms with E-state index in [1.807, 2.05) is 0 Å². The van der Waals surface area contributed by atoms with Crippen molar-refractivity contribution in [2.24, 2.45) is 5.73 Å². The van der Waals surface area contributed by atoms with Gasteiger partial charge in [-0.2, -0.15) is 5.26 Å². The van der Waals surface area contributed by atoms with E-state index in [0.717, 1.165) is 6.20 Å². The molecule has 1 aromatic rings. The van der Waals surface area contributed by atoms with Crippen LogP contribution in [0.2, 0.25) is 0 Å². The van der Waals surface area contributed by atoms with E-state index in [9.17, 15) is 18.0 Å². The second-order valence-electron chi connectivity index (χ2n) is 3.04. The van der Waals surface area contributed by atoms with Crippen LogP contribution >= 0.6 is 0 Å². The van der Waals surface area contributed by atoms with Crippen LogP contribution in [-0.2, 0) is 13.0 Å². The second kappa shape index (κ2) is 4.88. The number of rotatable bonds is 3. The van der Waals surface area contributed by atoms with Crippen LogP contribution in [0.5, 0.6) is 5.75 Å². The zero-order valence-corrected chi connectivity index (χ0v) is 8.47. The summed E-state index contributed by atoms with van der Waals surface area (Å²) in [4.78, 5) is 13.5. The third-order valence-corrected chi connectivity index (χ3v) is 1.91. The van der Waals surface area contributed by atoms with Crippen molar-refractivity contribution >= 4 is 0 Å². The van der Waals surface area contributed by atoms with Crippen LogP contribution in [0.3, 0.4) is 0 Å². The molecule has 3 N–H and O–H groups in total. The monoisotopic (exact) mass is 247 g/mol. The van der Waals surface area contributed by atoms with Gasteiger partial charge in [-0.05, 0) is 0 Å². The van der Waals surface area contributed by atoms with Crippen molar-refractivity contribution in [1.82, 2.24) is 4.98 Å². The zero-order chi connectivity index (χ0) is 13.1. The first-order valence-electron chi connectivity index (χ1n) is 4.45. The molecule has 0 amide bonds. The minimum atomic E-state index is -4.94. The molecule has 0 aromatic carbocycles. The normalized spacial score (nSPS) is 11.0. The Morgan fingerprint density at radius 3 is 2.65 bits per heavy atom. The molecule has 0 saturated heterocycles. The first-order chi connectivity index (χ1) is 7.89. The number of pyridine rings is 1. The van der Waals surface area contributed by atoms with Crippen LogP contribution in [0, 0.1) is 11.3 Å². The molecular weight excluding hydrogens is 239 g/mol. The lowest BCUT2D eigenvalue weighted by Gasteiger charge is -2.14. The van der Waals surface area contributed by atoms with Gasteiger partial charge in [-0.15, -0.1) is 13.2 Å². The van der Waals surface area contributed by atoms with Crippen molar-refractivity contribution in [3.8, 4) is 11.8 Å². The number of halogens is 3. The summed E-state index contributed by atoms with van der Waals surface area (Å²) in [5.41, 5.74) is 4.03. The molecule has 1 rings (SSSR count). The highest BCUT2D eigenvalue weighted by atomic mass is 19.4. The summed E-state index contributed by atoms with van der Waals surface area (Å²) in [5.74, 6) is -0.690. The smallest absolute Gasteiger partial charge is 0.405 e. The highest BCUT2D eigenvalue weighted by Gasteiger charge is 2.33. The van der Waals surface area contributed by atoms with Gasteiger partial charge in [-0.3, -0.25) is 4.79 Å². The van der Waals surface area contributed by atoms with Crippen molar-refractivity contribution < 1.29 is 17.9 Å². The second-order valence-corrected chi connectivity index (χ2v) is 3.04. The van der Waals surface area contributed by atoms with Crippen LogP contribution in [0.1, 0.15) is 11.1 Å². The topological polar surface area (TPSA) is 91.9 Å². The number of H-pyrrole nitrogens is 1. The quantitative estimate of drug-likeness (QED) is 0.826. The molecule has 17 heavy (non-hydrogen) atoms. The van der Waals surface area contributed by atoms with Gasteiger partial charge >= 0.3 is 6.36 Å². The number of nitriles is 1. The van der Waals surface area contributed by atoms with E-state index in [0.29, 0.717) is 0 Å². The molecule has 5 nitrogen and oxygen atoms in total. The van der Waals surface area contributed by atoms with Gasteiger partial charge in [0.25, 0.3) is 5.56 Å². The minimum absolute atomic E-state index is 0.0211. The number of nitrogens with two attached hydrogens (primary N) is 1. The summed E-state index contributed by atoms with van der Waals surface area (Å²) in [6.07, 6.45) is -4.40. The third kappa shape index (κ3) is 3.22. The Bertz CT molecular complexity index is 502. The van der Waals surface area contributed by atoms with E-state index in [2.05, 4.69) is 9.72 Å². The molecule has 0 fully saturated rings. The van der Waals surface area contributed by atoms with Gasteiger partial charge in [0, 0.05) is 18.3 Å². The molecule has 0 atom stereocenters. The molecule has 0 unspecified atom stereocenters. The molecule has 0 aliphatic heterocycles. The van der Waals surface area contributed by atoms with Crippen molar-refractivity contribution in [2.75, 3.05) is 0 Å². The summed E-state index contributed by atoms with van der Waals surface area (Å²) in [6.45, 7) is -0.249. The first kappa shape index (κ1) is 13.1. The SMILES string of the molecule is N#CCc1c(OC(F)(F)F)c(CN)c[nH]c1=O. The summed E-state index contributed by atoms with van der Waals surface area (Å²) in [6, 6.07) is 1.59. The number of aromatic amines is 1. The average molecular weight is 247 g/mol. The Labute approximate surface area is 93.6 Å². The van der Waals surface area contributed by atoms with Gasteiger partial charge in [0.15, 0.2) is 0 Å². The van der Waals surface area contributed by atoms with Crippen molar-refractivity contribution in [3.05, 3.63) is 27.7 Å². The number of nitrogens with one attached hydrogen (secondary N) is 1. The molecular formula is C9H8F3N3O2. The number of ether oxygens (including phenoxy) is 1. The highest BCUT2D eigenvalue weighted by Crippen LogP contribution is 2.27. The summed E-state index contributed by atoms with van der Waals surface area (Å²) < 4.78 is 40.2. The van der Waals surface area contributed by atoms with Crippen LogP contribution in [0.4, 0.5) is 13.2 Å². The largest absolute Gasteiger partial charge is 0.573 e. The maximum absolute atomic E-state index is 12.2. The zero-order valence-electron chi connectivity index (χ0n) is 8.47. The van der Waals surface area contributed by atoms with Crippen LogP contribution < -0.4 is 16.0 Å². The molecule has 0 bridgehead atoms. The number of alkyl halides is 3. The molecule has 0 aliphatic rings. The Kier molecular flexibility index (Phi) is 3.75. The van der Waals surface area contributed by atoms with Gasteiger partial charge in [0.05, 0.1) is 18.1 Å². The van der Waals surface area contributed by atoms with Crippen molar-refractivity contribution in [3.63, 3.8) is 0 Å². The van der Waals surface area contributed by atoms with E-state index in [-0.39, 0.29) is 17.7 Å². The number of aromatic nitrogens is 1. The summed E-state index contributed by atoms with van der Waals surface area (Å²) >= 11 is 0. The number of hydrogen-bond acceptors (Lipinski definition) is 4. The lowest BCUT2D eigenvalue weighted by Crippen LogP contribution is -2.24. The van der Waals surface area contributed by atoms with Crippen molar-refractivity contribution in [2.45, 2.75) is 19.3 Å². The summed E-state index contributed by atoms with van der Waals surface area (Å²) in [7, 11) is 0. The van der Waals surface area contributed by atoms with E-state index in [1.165, 1.54) is 0 Å². The first-order valence-corrected chi connectivity index (χ1v) is 4.45. The fourth-order valence-corrected chi connectivity index (χ4v) is 1.24. The number of nitrogens with zero attached hydrogens (tertiary/aromatic N) is 1. The lowest BCUT2D eigenvalue weighted by molar-refractivity contribution is -0.275. The molecule has 1 heterocycles. The molecule has 0 spiro atoms. The fourth-order valence-electron chi connectivity index (χ4n) is 1.24. The van der Waals surface area contributed by atoms with E-state index < -0.39 is 24.1 Å². The van der Waals surface area contributed by atoms with E-state index >= 15 is 0 Å². The maximum Gasteiger partial charge on any atom is 0.573 e. The molecule has 0 saturated carbocycles. The maximum atomic E-state index is 12.2. The van der Waals surface area contributed by atoms with E-state index in [1.54, 1.807) is 6.07 Å². The highest BCUT2D eigenvalue weighted by molar-refractivity contribution is 5.40. The molecule has 8 heteroatoms. The molecule has 0 aliphatic carbocycles. The van der Waals surface area contributed by atoms with Crippen LogP contribution in [0.15, 0.2) is 11.0 Å². The Morgan fingerprint density at radius 2 is 2.18 bits per heavy atom. The minimum Gasteiger partial charge on any atom is -0.405 e. The Balaban J connectivity index is 3.36. The van der Waals surface area contributed by atoms with Gasteiger partial charge in [-0.25, -0.2) is 0 Å². The lowest BCUT2D eigenvalue weighted by atomic mass is 10.1. The summed E-state index contributed by atoms with van der Waals surface area (Å²) in [5, 5.41) is 8.46. The van der Waals surface area contributed by atoms with E-state index in [4.69, 9.17) is 11.0 Å². The van der Waals surface area contributed by atoms with Gasteiger partial charge in [-0.1, -0.05) is 0 Å². The van der Waals surface area contributed by atoms with Crippen LogP contribution in [-0.4, -0.2) is 11.3 Å². The Hall–Kier alpha value is -2.01. The van der Waals surface area contributed by atoms with Gasteiger partial charge in [0.2, 0.25) is 0 Å². The number of hydrogen-bond donors (Lipinski definition) is 2. The standard InChI is InChI=1S/C9H8F3N3O2/c10-9(11,12)17-7-5(3-14)4-15-8(16)6(7)1-2-13/h4H,1,3,14H2,(H,15,16). The molecule has 92 valence electrons. The van der Waals surface area contributed by atoms with Gasteiger partial charge < -0.3 is 15.5 Å². The predicted octanol–water partition coefficient (Wildman–Crippen LogP) is 0.798. The Morgan fingerprint density at radius 1 is 1.53 bits per heavy atom. The predicted molar refractivity (Wildman–Crippen MR) is 51.0 cm³/mol. The third-order valence-electron chi connectivity index (χ3n) is 1.91. The van der Waals surface area contributed by atoms with Gasteiger partial charge in [0.1, 0.15) is 5.75 Å². The average Bonchev–Trinajstić information content (AvgIpc) is 2.22.